The Morgan fingerprint density at radius 3 is 2.64 bits per heavy atom. The molecular weight excluding hydrogens is 200 g/mol. The maximum absolute atomic E-state index is 11.9. The van der Waals surface area contributed by atoms with Gasteiger partial charge in [-0.25, -0.2) is 8.42 Å². The van der Waals surface area contributed by atoms with Crippen molar-refractivity contribution in [3.63, 3.8) is 0 Å². The summed E-state index contributed by atoms with van der Waals surface area (Å²) in [7, 11) is -3.34. The standard InChI is InChI=1S/C9H12N2O2S/c1-7(10)11-6-8-4-2-3-5-9(8)14(11,12)13/h2-5,7H,6,10H2,1H3. The first kappa shape index (κ1) is 9.64. The molecule has 1 atom stereocenters. The summed E-state index contributed by atoms with van der Waals surface area (Å²) >= 11 is 0. The minimum Gasteiger partial charge on any atom is -0.315 e. The van der Waals surface area contributed by atoms with Gasteiger partial charge < -0.3 is 5.73 Å². The van der Waals surface area contributed by atoms with Crippen LogP contribution >= 0.6 is 0 Å². The zero-order valence-corrected chi connectivity index (χ0v) is 8.66. The lowest BCUT2D eigenvalue weighted by Crippen LogP contribution is -2.39. The molecule has 1 aromatic rings. The molecule has 1 unspecified atom stereocenters. The van der Waals surface area contributed by atoms with Gasteiger partial charge in [-0.2, -0.15) is 4.31 Å². The Hall–Kier alpha value is -0.910. The molecule has 0 radical (unpaired) electrons. The van der Waals surface area contributed by atoms with E-state index in [-0.39, 0.29) is 0 Å². The predicted octanol–water partition coefficient (Wildman–Crippen LogP) is 0.496. The first-order valence-corrected chi connectivity index (χ1v) is 5.83. The lowest BCUT2D eigenvalue weighted by atomic mass is 10.2. The van der Waals surface area contributed by atoms with Crippen LogP contribution in [0.15, 0.2) is 29.2 Å². The fourth-order valence-electron chi connectivity index (χ4n) is 1.63. The van der Waals surface area contributed by atoms with Gasteiger partial charge in [0, 0.05) is 6.54 Å². The first-order valence-electron chi connectivity index (χ1n) is 4.39. The zero-order valence-electron chi connectivity index (χ0n) is 7.84. The number of rotatable bonds is 1. The van der Waals surface area contributed by atoms with Crippen LogP contribution in [0.2, 0.25) is 0 Å². The van der Waals surface area contributed by atoms with Gasteiger partial charge in [0.05, 0.1) is 11.1 Å². The van der Waals surface area contributed by atoms with E-state index in [4.69, 9.17) is 5.73 Å². The minimum atomic E-state index is -3.34. The molecule has 0 aliphatic carbocycles. The highest BCUT2D eigenvalue weighted by Crippen LogP contribution is 2.30. The molecule has 0 amide bonds. The largest absolute Gasteiger partial charge is 0.315 e. The first-order chi connectivity index (χ1) is 6.53. The highest BCUT2D eigenvalue weighted by molar-refractivity contribution is 7.89. The van der Waals surface area contributed by atoms with Crippen molar-refractivity contribution in [1.82, 2.24) is 4.31 Å². The van der Waals surface area contributed by atoms with Gasteiger partial charge in [-0.05, 0) is 18.6 Å². The Kier molecular flexibility index (Phi) is 2.10. The summed E-state index contributed by atoms with van der Waals surface area (Å²) in [5, 5.41) is 0. The average molecular weight is 212 g/mol. The van der Waals surface area contributed by atoms with Crippen molar-refractivity contribution in [2.75, 3.05) is 0 Å². The van der Waals surface area contributed by atoms with Crippen molar-refractivity contribution in [2.24, 2.45) is 5.73 Å². The Morgan fingerprint density at radius 2 is 2.07 bits per heavy atom. The lowest BCUT2D eigenvalue weighted by Gasteiger charge is -2.18. The van der Waals surface area contributed by atoms with Crippen LogP contribution in [0.4, 0.5) is 0 Å². The van der Waals surface area contributed by atoms with Crippen molar-refractivity contribution in [3.8, 4) is 0 Å². The highest BCUT2D eigenvalue weighted by atomic mass is 32.2. The fourth-order valence-corrected chi connectivity index (χ4v) is 3.34. The maximum Gasteiger partial charge on any atom is 0.245 e. The molecular formula is C9H12N2O2S. The van der Waals surface area contributed by atoms with Crippen LogP contribution in [0.1, 0.15) is 12.5 Å². The molecule has 1 aliphatic rings. The van der Waals surface area contributed by atoms with Crippen molar-refractivity contribution in [3.05, 3.63) is 29.8 Å². The second-order valence-corrected chi connectivity index (χ2v) is 5.26. The van der Waals surface area contributed by atoms with E-state index in [0.717, 1.165) is 5.56 Å². The van der Waals surface area contributed by atoms with E-state index in [0.29, 0.717) is 11.4 Å². The van der Waals surface area contributed by atoms with Crippen LogP contribution in [0.25, 0.3) is 0 Å². The number of nitrogens with two attached hydrogens (primary N) is 1. The van der Waals surface area contributed by atoms with Crippen molar-refractivity contribution in [1.29, 1.82) is 0 Å². The van der Waals surface area contributed by atoms with Crippen LogP contribution in [-0.2, 0) is 16.6 Å². The van der Waals surface area contributed by atoms with Crippen LogP contribution < -0.4 is 5.73 Å². The second-order valence-electron chi connectivity index (χ2n) is 3.40. The summed E-state index contributed by atoms with van der Waals surface area (Å²) in [6.45, 7) is 2.06. The monoisotopic (exact) mass is 212 g/mol. The number of sulfonamides is 1. The maximum atomic E-state index is 11.9. The Balaban J connectivity index is 2.57. The smallest absolute Gasteiger partial charge is 0.245 e. The van der Waals surface area contributed by atoms with Crippen LogP contribution in [0.5, 0.6) is 0 Å². The average Bonchev–Trinajstić information content (AvgIpc) is 2.39. The minimum absolute atomic E-state index is 0.385. The summed E-state index contributed by atoms with van der Waals surface area (Å²) in [5.41, 5.74) is 6.42. The number of benzene rings is 1. The summed E-state index contributed by atoms with van der Waals surface area (Å²) in [5.74, 6) is 0. The molecule has 0 aromatic heterocycles. The molecule has 0 spiro atoms. The van der Waals surface area contributed by atoms with E-state index in [1.807, 2.05) is 12.1 Å². The quantitative estimate of drug-likeness (QED) is 0.737. The van der Waals surface area contributed by atoms with Gasteiger partial charge in [0.1, 0.15) is 0 Å². The fraction of sp³-hybridized carbons (Fsp3) is 0.333. The summed E-state index contributed by atoms with van der Waals surface area (Å²) in [6.07, 6.45) is -0.479. The molecule has 14 heavy (non-hydrogen) atoms. The molecule has 1 heterocycles. The van der Waals surface area contributed by atoms with Gasteiger partial charge in [0.2, 0.25) is 10.0 Å². The molecule has 1 aromatic carbocycles. The number of hydrogen-bond acceptors (Lipinski definition) is 3. The number of hydrogen-bond donors (Lipinski definition) is 1. The predicted molar refractivity (Wildman–Crippen MR) is 52.8 cm³/mol. The summed E-state index contributed by atoms with van der Waals surface area (Å²) in [6, 6.07) is 6.99. The SMILES string of the molecule is CC(N)N1Cc2ccccc2S1(=O)=O. The van der Waals surface area contributed by atoms with Gasteiger partial charge in [-0.3, -0.25) is 0 Å². The van der Waals surface area contributed by atoms with Crippen LogP contribution in [-0.4, -0.2) is 18.9 Å². The van der Waals surface area contributed by atoms with Crippen LogP contribution in [0, 0.1) is 0 Å². The van der Waals surface area contributed by atoms with Gasteiger partial charge in [-0.1, -0.05) is 18.2 Å². The number of fused-ring (bicyclic) bond motifs is 1. The summed E-state index contributed by atoms with van der Waals surface area (Å²) < 4.78 is 25.0. The van der Waals surface area contributed by atoms with E-state index >= 15 is 0 Å². The molecule has 2 rings (SSSR count). The van der Waals surface area contributed by atoms with Crippen LogP contribution in [0.3, 0.4) is 0 Å². The third-order valence-electron chi connectivity index (χ3n) is 2.34. The highest BCUT2D eigenvalue weighted by Gasteiger charge is 2.35. The summed E-state index contributed by atoms with van der Waals surface area (Å²) in [4.78, 5) is 0.386. The zero-order chi connectivity index (χ0) is 10.3. The van der Waals surface area contributed by atoms with Crippen molar-refractivity contribution >= 4 is 10.0 Å². The van der Waals surface area contributed by atoms with Gasteiger partial charge >= 0.3 is 0 Å². The Bertz CT molecular complexity index is 454. The van der Waals surface area contributed by atoms with E-state index in [2.05, 4.69) is 0 Å². The normalized spacial score (nSPS) is 21.9. The molecule has 5 heteroatoms. The lowest BCUT2D eigenvalue weighted by molar-refractivity contribution is 0.351. The molecule has 0 saturated heterocycles. The molecule has 0 bridgehead atoms. The third-order valence-corrected chi connectivity index (χ3v) is 4.37. The molecule has 0 fully saturated rings. The van der Waals surface area contributed by atoms with Crippen molar-refractivity contribution in [2.45, 2.75) is 24.5 Å². The van der Waals surface area contributed by atoms with E-state index in [1.54, 1.807) is 19.1 Å². The molecule has 0 saturated carbocycles. The molecule has 1 aliphatic heterocycles. The van der Waals surface area contributed by atoms with Crippen molar-refractivity contribution < 1.29 is 8.42 Å². The van der Waals surface area contributed by atoms with E-state index in [1.165, 1.54) is 4.31 Å². The molecule has 2 N–H and O–H groups in total. The van der Waals surface area contributed by atoms with E-state index < -0.39 is 16.2 Å². The second kappa shape index (κ2) is 3.05. The van der Waals surface area contributed by atoms with E-state index in [9.17, 15) is 8.42 Å². The number of nitrogens with zero attached hydrogens (tertiary/aromatic N) is 1. The van der Waals surface area contributed by atoms with Gasteiger partial charge in [0.15, 0.2) is 0 Å². The third kappa shape index (κ3) is 1.25. The van der Waals surface area contributed by atoms with Gasteiger partial charge in [-0.15, -0.1) is 0 Å². The van der Waals surface area contributed by atoms with Gasteiger partial charge in [0.25, 0.3) is 0 Å². The molecule has 4 nitrogen and oxygen atoms in total. The topological polar surface area (TPSA) is 63.4 Å². The Morgan fingerprint density at radius 1 is 1.43 bits per heavy atom. The Labute approximate surface area is 83.4 Å². The molecule has 76 valence electrons.